The van der Waals surface area contributed by atoms with Crippen molar-refractivity contribution in [2.75, 3.05) is 0 Å². The Morgan fingerprint density at radius 2 is 1.21 bits per heavy atom. The second kappa shape index (κ2) is 6.90. The van der Waals surface area contributed by atoms with E-state index in [4.69, 9.17) is 11.5 Å². The van der Waals surface area contributed by atoms with Crippen molar-refractivity contribution in [3.05, 3.63) is 56.5 Å². The quantitative estimate of drug-likeness (QED) is 0.803. The number of nitrogens with two attached hydrogens (primary N) is 2. The summed E-state index contributed by atoms with van der Waals surface area (Å²) in [6, 6.07) is 12.5. The average Bonchev–Trinajstić information content (AvgIpc) is 2.43. The Hall–Kier alpha value is -0.330. The van der Waals surface area contributed by atoms with Gasteiger partial charge in [0.25, 0.3) is 0 Å². The number of rotatable bonds is 4. The largest absolute Gasteiger partial charge is 0.326 e. The lowest BCUT2D eigenvalue weighted by molar-refractivity contribution is 1.04. The molecule has 0 aliphatic heterocycles. The zero-order valence-corrected chi connectivity index (χ0v) is 14.2. The highest BCUT2D eigenvalue weighted by Crippen LogP contribution is 2.32. The van der Waals surface area contributed by atoms with Gasteiger partial charge in [-0.15, -0.1) is 0 Å². The molecular formula is C14H14Br2N2S. The SMILES string of the molecule is NCc1cc(Sc2ccc(Br)c(CN)c2)ccc1Br. The van der Waals surface area contributed by atoms with Gasteiger partial charge in [0.15, 0.2) is 0 Å². The van der Waals surface area contributed by atoms with Gasteiger partial charge in [0, 0.05) is 31.8 Å². The lowest BCUT2D eigenvalue weighted by Crippen LogP contribution is -1.98. The maximum Gasteiger partial charge on any atom is 0.0220 e. The summed E-state index contributed by atoms with van der Waals surface area (Å²) < 4.78 is 2.11. The highest BCUT2D eigenvalue weighted by molar-refractivity contribution is 9.10. The first-order valence-electron chi connectivity index (χ1n) is 5.79. The molecule has 0 aromatic heterocycles. The van der Waals surface area contributed by atoms with E-state index in [0.29, 0.717) is 13.1 Å². The second-order valence-corrected chi connectivity index (χ2v) is 6.87. The first kappa shape index (κ1) is 15.1. The molecular weight excluding hydrogens is 388 g/mol. The molecule has 0 aliphatic carbocycles. The summed E-state index contributed by atoms with van der Waals surface area (Å²) >= 11 is 8.70. The summed E-state index contributed by atoms with van der Waals surface area (Å²) in [6.45, 7) is 1.06. The molecule has 0 saturated heterocycles. The van der Waals surface area contributed by atoms with Crippen molar-refractivity contribution in [3.63, 3.8) is 0 Å². The van der Waals surface area contributed by atoms with Crippen LogP contribution < -0.4 is 11.5 Å². The van der Waals surface area contributed by atoms with Crippen LogP contribution in [0, 0.1) is 0 Å². The van der Waals surface area contributed by atoms with Crippen molar-refractivity contribution < 1.29 is 0 Å². The molecule has 0 radical (unpaired) electrons. The van der Waals surface area contributed by atoms with Crippen LogP contribution in [0.5, 0.6) is 0 Å². The summed E-state index contributed by atoms with van der Waals surface area (Å²) in [5.74, 6) is 0. The summed E-state index contributed by atoms with van der Waals surface area (Å²) in [5, 5.41) is 0. The Bertz CT molecular complexity index is 536. The number of benzene rings is 2. The van der Waals surface area contributed by atoms with Crippen LogP contribution in [0.3, 0.4) is 0 Å². The molecule has 0 amide bonds. The van der Waals surface area contributed by atoms with Gasteiger partial charge in [-0.1, -0.05) is 43.6 Å². The third-order valence-electron chi connectivity index (χ3n) is 2.71. The van der Waals surface area contributed by atoms with E-state index in [1.165, 1.54) is 9.79 Å². The molecule has 5 heteroatoms. The van der Waals surface area contributed by atoms with Crippen molar-refractivity contribution in [2.24, 2.45) is 11.5 Å². The Balaban J connectivity index is 2.25. The van der Waals surface area contributed by atoms with Gasteiger partial charge in [-0.25, -0.2) is 0 Å². The van der Waals surface area contributed by atoms with E-state index in [0.717, 1.165) is 20.1 Å². The number of hydrogen-bond donors (Lipinski definition) is 2. The molecule has 2 aromatic carbocycles. The van der Waals surface area contributed by atoms with Gasteiger partial charge >= 0.3 is 0 Å². The van der Waals surface area contributed by atoms with E-state index < -0.39 is 0 Å². The molecule has 4 N–H and O–H groups in total. The van der Waals surface area contributed by atoms with Crippen LogP contribution in [0.1, 0.15) is 11.1 Å². The van der Waals surface area contributed by atoms with Crippen molar-refractivity contribution in [1.29, 1.82) is 0 Å². The zero-order valence-electron chi connectivity index (χ0n) is 10.2. The number of halogens is 2. The first-order valence-corrected chi connectivity index (χ1v) is 8.19. The van der Waals surface area contributed by atoms with Crippen molar-refractivity contribution in [3.8, 4) is 0 Å². The number of hydrogen-bond acceptors (Lipinski definition) is 3. The maximum atomic E-state index is 5.72. The summed E-state index contributed by atoms with van der Waals surface area (Å²) in [4.78, 5) is 2.35. The third-order valence-corrected chi connectivity index (χ3v) is 5.24. The minimum absolute atomic E-state index is 0.531. The van der Waals surface area contributed by atoms with Crippen LogP contribution in [0.15, 0.2) is 55.1 Å². The Morgan fingerprint density at radius 1 is 0.789 bits per heavy atom. The van der Waals surface area contributed by atoms with E-state index in [1.54, 1.807) is 11.8 Å². The molecule has 0 atom stereocenters. The van der Waals surface area contributed by atoms with Gasteiger partial charge in [0.05, 0.1) is 0 Å². The van der Waals surface area contributed by atoms with Gasteiger partial charge in [-0.3, -0.25) is 0 Å². The predicted octanol–water partition coefficient (Wildman–Crippen LogP) is 4.28. The lowest BCUT2D eigenvalue weighted by atomic mass is 10.2. The van der Waals surface area contributed by atoms with Gasteiger partial charge < -0.3 is 11.5 Å². The molecule has 0 saturated carbocycles. The summed E-state index contributed by atoms with van der Waals surface area (Å²) in [6.07, 6.45) is 0. The smallest absolute Gasteiger partial charge is 0.0220 e. The molecule has 0 spiro atoms. The maximum absolute atomic E-state index is 5.72. The van der Waals surface area contributed by atoms with Crippen LogP contribution in [0.4, 0.5) is 0 Å². The van der Waals surface area contributed by atoms with E-state index >= 15 is 0 Å². The standard InChI is InChI=1S/C14H14Br2N2S/c15-13-3-1-11(5-9(13)7-17)19-12-2-4-14(16)10(6-12)8-18/h1-6H,7-8,17-18H2. The van der Waals surface area contributed by atoms with Crippen LogP contribution in [0.25, 0.3) is 0 Å². The van der Waals surface area contributed by atoms with Gasteiger partial charge in [0.1, 0.15) is 0 Å². The van der Waals surface area contributed by atoms with E-state index in [2.05, 4.69) is 56.1 Å². The fourth-order valence-corrected chi connectivity index (χ4v) is 3.44. The van der Waals surface area contributed by atoms with Gasteiger partial charge in [-0.05, 0) is 47.5 Å². The molecule has 2 nitrogen and oxygen atoms in total. The highest BCUT2D eigenvalue weighted by atomic mass is 79.9. The van der Waals surface area contributed by atoms with E-state index in [1.807, 2.05) is 12.1 Å². The first-order chi connectivity index (χ1) is 9.13. The van der Waals surface area contributed by atoms with Crippen molar-refractivity contribution in [2.45, 2.75) is 22.9 Å². The molecule has 2 rings (SSSR count). The predicted molar refractivity (Wildman–Crippen MR) is 88.2 cm³/mol. The molecule has 0 unspecified atom stereocenters. The Morgan fingerprint density at radius 3 is 1.58 bits per heavy atom. The minimum atomic E-state index is 0.531. The van der Waals surface area contributed by atoms with Crippen molar-refractivity contribution >= 4 is 43.6 Å². The second-order valence-electron chi connectivity index (χ2n) is 4.02. The van der Waals surface area contributed by atoms with Crippen LogP contribution in [-0.4, -0.2) is 0 Å². The van der Waals surface area contributed by atoms with Crippen LogP contribution >= 0.6 is 43.6 Å². The van der Waals surface area contributed by atoms with Gasteiger partial charge in [0.2, 0.25) is 0 Å². The fourth-order valence-electron chi connectivity index (χ4n) is 1.68. The fraction of sp³-hybridized carbons (Fsp3) is 0.143. The molecule has 0 bridgehead atoms. The van der Waals surface area contributed by atoms with E-state index in [-0.39, 0.29) is 0 Å². The summed E-state index contributed by atoms with van der Waals surface area (Å²) in [5.41, 5.74) is 13.7. The van der Waals surface area contributed by atoms with Crippen LogP contribution in [0.2, 0.25) is 0 Å². The molecule has 0 aliphatic rings. The summed E-state index contributed by atoms with van der Waals surface area (Å²) in [7, 11) is 0. The van der Waals surface area contributed by atoms with Gasteiger partial charge in [-0.2, -0.15) is 0 Å². The molecule has 19 heavy (non-hydrogen) atoms. The topological polar surface area (TPSA) is 52.0 Å². The van der Waals surface area contributed by atoms with E-state index in [9.17, 15) is 0 Å². The molecule has 100 valence electrons. The van der Waals surface area contributed by atoms with Crippen molar-refractivity contribution in [1.82, 2.24) is 0 Å². The van der Waals surface area contributed by atoms with Crippen LogP contribution in [-0.2, 0) is 13.1 Å². The Kier molecular flexibility index (Phi) is 5.47. The highest BCUT2D eigenvalue weighted by Gasteiger charge is 2.04. The lowest BCUT2D eigenvalue weighted by Gasteiger charge is -2.08. The minimum Gasteiger partial charge on any atom is -0.326 e. The monoisotopic (exact) mass is 400 g/mol. The molecule has 2 aromatic rings. The third kappa shape index (κ3) is 3.83. The molecule has 0 heterocycles. The Labute approximate surface area is 134 Å². The molecule has 0 fully saturated rings. The average molecular weight is 402 g/mol. The normalized spacial score (nSPS) is 10.7. The zero-order chi connectivity index (χ0) is 13.8.